The van der Waals surface area contributed by atoms with Crippen LogP contribution in [0.3, 0.4) is 0 Å². The number of nitrogens with zero attached hydrogens (tertiary/aromatic N) is 2. The van der Waals surface area contributed by atoms with E-state index in [-0.39, 0.29) is 0 Å². The van der Waals surface area contributed by atoms with Gasteiger partial charge < -0.3 is 15.4 Å². The minimum atomic E-state index is 0.321. The number of aliphatic imine (C=N–C) groups is 1. The zero-order chi connectivity index (χ0) is 17.9. The van der Waals surface area contributed by atoms with Crippen molar-refractivity contribution in [3.05, 3.63) is 35.4 Å². The normalized spacial score (nSPS) is 17.9. The molecule has 0 bridgehead atoms. The minimum Gasteiger partial charge on any atom is -0.376 e. The van der Waals surface area contributed by atoms with Crippen molar-refractivity contribution in [2.45, 2.75) is 52.8 Å². The summed E-state index contributed by atoms with van der Waals surface area (Å²) in [5.74, 6) is 0.868. The topological polar surface area (TPSA) is 48.9 Å². The Labute approximate surface area is 152 Å². The van der Waals surface area contributed by atoms with Gasteiger partial charge in [-0.2, -0.15) is 0 Å². The SMILES string of the molecule is CCNC(=NCc1cccc(CN(CC)CC)c1)NCC1CCCO1. The van der Waals surface area contributed by atoms with Gasteiger partial charge in [0.15, 0.2) is 5.96 Å². The van der Waals surface area contributed by atoms with Crippen LogP contribution in [-0.2, 0) is 17.8 Å². The maximum atomic E-state index is 5.67. The smallest absolute Gasteiger partial charge is 0.191 e. The van der Waals surface area contributed by atoms with Crippen LogP contribution in [0.5, 0.6) is 0 Å². The Morgan fingerprint density at radius 3 is 2.68 bits per heavy atom. The van der Waals surface area contributed by atoms with E-state index in [0.717, 1.165) is 51.7 Å². The van der Waals surface area contributed by atoms with E-state index in [2.05, 4.69) is 60.6 Å². The monoisotopic (exact) mass is 346 g/mol. The summed E-state index contributed by atoms with van der Waals surface area (Å²) in [6, 6.07) is 8.76. The van der Waals surface area contributed by atoms with Crippen LogP contribution in [0.2, 0.25) is 0 Å². The van der Waals surface area contributed by atoms with E-state index in [0.29, 0.717) is 12.6 Å². The highest BCUT2D eigenvalue weighted by Crippen LogP contribution is 2.11. The average molecular weight is 347 g/mol. The molecule has 1 aliphatic heterocycles. The molecule has 5 heteroatoms. The molecule has 1 aromatic rings. The Morgan fingerprint density at radius 1 is 1.20 bits per heavy atom. The van der Waals surface area contributed by atoms with E-state index in [1.54, 1.807) is 0 Å². The standard InChI is InChI=1S/C20H34N4O/c1-4-21-20(23-15-19-11-8-12-25-19)22-14-17-9-7-10-18(13-17)16-24(5-2)6-3/h7,9-10,13,19H,4-6,8,11-12,14-16H2,1-3H3,(H2,21,22,23). The van der Waals surface area contributed by atoms with E-state index in [9.17, 15) is 0 Å². The molecule has 1 aliphatic rings. The third kappa shape index (κ3) is 7.04. The lowest BCUT2D eigenvalue weighted by atomic mass is 10.1. The molecule has 1 heterocycles. The molecule has 1 saturated heterocycles. The molecule has 25 heavy (non-hydrogen) atoms. The first-order valence-corrected chi connectivity index (χ1v) is 9.69. The number of benzene rings is 1. The van der Waals surface area contributed by atoms with Gasteiger partial charge >= 0.3 is 0 Å². The molecule has 2 N–H and O–H groups in total. The van der Waals surface area contributed by atoms with Crippen LogP contribution < -0.4 is 10.6 Å². The average Bonchev–Trinajstić information content (AvgIpc) is 3.16. The number of guanidine groups is 1. The molecule has 0 spiro atoms. The molecule has 1 aromatic carbocycles. The molecule has 2 rings (SSSR count). The zero-order valence-corrected chi connectivity index (χ0v) is 16.1. The highest BCUT2D eigenvalue weighted by molar-refractivity contribution is 5.79. The second-order valence-electron chi connectivity index (χ2n) is 6.49. The first kappa shape index (κ1) is 19.7. The summed E-state index contributed by atoms with van der Waals surface area (Å²) in [6.45, 7) is 12.9. The van der Waals surface area contributed by atoms with Gasteiger partial charge in [-0.3, -0.25) is 4.90 Å². The fourth-order valence-electron chi connectivity index (χ4n) is 3.06. The first-order chi connectivity index (χ1) is 12.2. The van der Waals surface area contributed by atoms with Crippen molar-refractivity contribution in [3.8, 4) is 0 Å². The zero-order valence-electron chi connectivity index (χ0n) is 16.1. The number of nitrogens with one attached hydrogen (secondary N) is 2. The van der Waals surface area contributed by atoms with Crippen LogP contribution in [-0.4, -0.2) is 49.7 Å². The molecule has 1 unspecified atom stereocenters. The van der Waals surface area contributed by atoms with Crippen LogP contribution >= 0.6 is 0 Å². The predicted molar refractivity (Wildman–Crippen MR) is 105 cm³/mol. The fraction of sp³-hybridized carbons (Fsp3) is 0.650. The van der Waals surface area contributed by atoms with E-state index in [1.807, 2.05) is 0 Å². The lowest BCUT2D eigenvalue weighted by Crippen LogP contribution is -2.41. The summed E-state index contributed by atoms with van der Waals surface area (Å²) in [5, 5.41) is 6.72. The summed E-state index contributed by atoms with van der Waals surface area (Å²) in [6.07, 6.45) is 2.63. The van der Waals surface area contributed by atoms with Gasteiger partial charge in [0.05, 0.1) is 12.6 Å². The summed E-state index contributed by atoms with van der Waals surface area (Å²) < 4.78 is 5.67. The van der Waals surface area contributed by atoms with Gasteiger partial charge in [-0.15, -0.1) is 0 Å². The van der Waals surface area contributed by atoms with Gasteiger partial charge in [-0.1, -0.05) is 38.1 Å². The van der Waals surface area contributed by atoms with E-state index >= 15 is 0 Å². The summed E-state index contributed by atoms with van der Waals surface area (Å²) in [7, 11) is 0. The Morgan fingerprint density at radius 2 is 2.00 bits per heavy atom. The van der Waals surface area contributed by atoms with Gasteiger partial charge in [0.2, 0.25) is 0 Å². The molecular weight excluding hydrogens is 312 g/mol. The highest BCUT2D eigenvalue weighted by Gasteiger charge is 2.15. The Bertz CT molecular complexity index is 522. The maximum absolute atomic E-state index is 5.67. The molecule has 0 amide bonds. The van der Waals surface area contributed by atoms with Gasteiger partial charge in [-0.05, 0) is 44.0 Å². The van der Waals surface area contributed by atoms with Gasteiger partial charge in [0.25, 0.3) is 0 Å². The van der Waals surface area contributed by atoms with Crippen molar-refractivity contribution in [2.75, 3.05) is 32.8 Å². The first-order valence-electron chi connectivity index (χ1n) is 9.69. The second-order valence-corrected chi connectivity index (χ2v) is 6.49. The van der Waals surface area contributed by atoms with Crippen LogP contribution in [0.15, 0.2) is 29.3 Å². The lowest BCUT2D eigenvalue weighted by molar-refractivity contribution is 0.114. The van der Waals surface area contributed by atoms with Gasteiger partial charge in [0.1, 0.15) is 0 Å². The van der Waals surface area contributed by atoms with Crippen molar-refractivity contribution < 1.29 is 4.74 Å². The molecule has 140 valence electrons. The van der Waals surface area contributed by atoms with Crippen molar-refractivity contribution in [1.82, 2.24) is 15.5 Å². The quantitative estimate of drug-likeness (QED) is 0.533. The third-order valence-electron chi connectivity index (χ3n) is 4.58. The van der Waals surface area contributed by atoms with Crippen molar-refractivity contribution in [2.24, 2.45) is 4.99 Å². The van der Waals surface area contributed by atoms with Crippen LogP contribution in [0, 0.1) is 0 Å². The molecule has 1 atom stereocenters. The lowest BCUT2D eigenvalue weighted by Gasteiger charge is -2.18. The fourth-order valence-corrected chi connectivity index (χ4v) is 3.06. The van der Waals surface area contributed by atoms with Crippen LogP contribution in [0.25, 0.3) is 0 Å². The molecule has 0 radical (unpaired) electrons. The van der Waals surface area contributed by atoms with Crippen LogP contribution in [0.1, 0.15) is 44.7 Å². The number of hydrogen-bond donors (Lipinski definition) is 2. The van der Waals surface area contributed by atoms with Gasteiger partial charge in [0, 0.05) is 26.2 Å². The third-order valence-corrected chi connectivity index (χ3v) is 4.58. The second kappa shape index (κ2) is 11.1. The largest absolute Gasteiger partial charge is 0.376 e. The molecular formula is C20H34N4O. The summed E-state index contributed by atoms with van der Waals surface area (Å²) in [4.78, 5) is 7.16. The van der Waals surface area contributed by atoms with Crippen molar-refractivity contribution in [3.63, 3.8) is 0 Å². The molecule has 0 aromatic heterocycles. The highest BCUT2D eigenvalue weighted by atomic mass is 16.5. The van der Waals surface area contributed by atoms with Crippen molar-refractivity contribution in [1.29, 1.82) is 0 Å². The molecule has 0 saturated carbocycles. The van der Waals surface area contributed by atoms with Gasteiger partial charge in [-0.25, -0.2) is 4.99 Å². The van der Waals surface area contributed by atoms with E-state index < -0.39 is 0 Å². The Balaban J connectivity index is 1.91. The molecule has 5 nitrogen and oxygen atoms in total. The number of rotatable bonds is 9. The summed E-state index contributed by atoms with van der Waals surface area (Å²) >= 11 is 0. The number of hydrogen-bond acceptors (Lipinski definition) is 3. The van der Waals surface area contributed by atoms with Crippen LogP contribution in [0.4, 0.5) is 0 Å². The predicted octanol–water partition coefficient (Wildman–Crippen LogP) is 2.76. The Kier molecular flexibility index (Phi) is 8.77. The maximum Gasteiger partial charge on any atom is 0.191 e. The molecule has 0 aliphatic carbocycles. The van der Waals surface area contributed by atoms with E-state index in [4.69, 9.17) is 9.73 Å². The minimum absolute atomic E-state index is 0.321. The molecule has 1 fully saturated rings. The number of ether oxygens (including phenoxy) is 1. The van der Waals surface area contributed by atoms with Crippen molar-refractivity contribution >= 4 is 5.96 Å². The summed E-state index contributed by atoms with van der Waals surface area (Å²) in [5.41, 5.74) is 2.60. The van der Waals surface area contributed by atoms with E-state index in [1.165, 1.54) is 17.5 Å². The Hall–Kier alpha value is -1.59.